The molecule has 3 nitrogen and oxygen atoms in total. The number of aryl methyl sites for hydroxylation is 1. The molecule has 0 atom stereocenters. The standard InChI is InChI=1S/C14H16N2O/c1-11-13(8-9-17-11)10-16(2)14(15)12-6-4-3-5-7-12/h3-9,15H,10H2,1-2H3. The first-order valence-corrected chi connectivity index (χ1v) is 5.56. The molecule has 0 amide bonds. The van der Waals surface area contributed by atoms with Gasteiger partial charge >= 0.3 is 0 Å². The number of nitrogens with zero attached hydrogens (tertiary/aromatic N) is 1. The Balaban J connectivity index is 2.09. The van der Waals surface area contributed by atoms with E-state index in [1.807, 2.05) is 55.3 Å². The molecule has 1 N–H and O–H groups in total. The van der Waals surface area contributed by atoms with Gasteiger partial charge in [-0.1, -0.05) is 30.3 Å². The van der Waals surface area contributed by atoms with E-state index < -0.39 is 0 Å². The first kappa shape index (κ1) is 11.5. The summed E-state index contributed by atoms with van der Waals surface area (Å²) in [7, 11) is 1.92. The Labute approximate surface area is 101 Å². The predicted octanol–water partition coefficient (Wildman–Crippen LogP) is 3.05. The Bertz CT molecular complexity index is 502. The molecule has 0 unspecified atom stereocenters. The second-order valence-corrected chi connectivity index (χ2v) is 4.07. The minimum atomic E-state index is 0.520. The molecule has 0 aliphatic heterocycles. The summed E-state index contributed by atoms with van der Waals surface area (Å²) in [5.74, 6) is 1.43. The number of rotatable bonds is 3. The average Bonchev–Trinajstić information content (AvgIpc) is 2.75. The number of hydrogen-bond donors (Lipinski definition) is 1. The number of hydrogen-bond acceptors (Lipinski definition) is 2. The first-order chi connectivity index (χ1) is 8.18. The van der Waals surface area contributed by atoms with Crippen LogP contribution in [0.2, 0.25) is 0 Å². The van der Waals surface area contributed by atoms with Crippen molar-refractivity contribution in [2.24, 2.45) is 0 Å². The molecular formula is C14H16N2O. The highest BCUT2D eigenvalue weighted by atomic mass is 16.3. The van der Waals surface area contributed by atoms with E-state index in [-0.39, 0.29) is 0 Å². The molecular weight excluding hydrogens is 212 g/mol. The lowest BCUT2D eigenvalue weighted by atomic mass is 10.2. The maximum Gasteiger partial charge on any atom is 0.128 e. The Morgan fingerprint density at radius 3 is 2.53 bits per heavy atom. The van der Waals surface area contributed by atoms with Gasteiger partial charge in [0.1, 0.15) is 11.6 Å². The number of nitrogens with one attached hydrogen (secondary N) is 1. The van der Waals surface area contributed by atoms with Gasteiger partial charge in [-0.25, -0.2) is 0 Å². The van der Waals surface area contributed by atoms with E-state index in [1.54, 1.807) is 6.26 Å². The van der Waals surface area contributed by atoms with E-state index in [0.717, 1.165) is 16.9 Å². The topological polar surface area (TPSA) is 40.2 Å². The first-order valence-electron chi connectivity index (χ1n) is 5.56. The molecule has 3 heteroatoms. The molecule has 0 radical (unpaired) electrons. The van der Waals surface area contributed by atoms with Gasteiger partial charge in [0.2, 0.25) is 0 Å². The van der Waals surface area contributed by atoms with Gasteiger partial charge in [0, 0.05) is 24.7 Å². The minimum Gasteiger partial charge on any atom is -0.469 e. The van der Waals surface area contributed by atoms with E-state index >= 15 is 0 Å². The summed E-state index contributed by atoms with van der Waals surface area (Å²) in [5.41, 5.74) is 2.05. The molecule has 0 aliphatic rings. The molecule has 17 heavy (non-hydrogen) atoms. The monoisotopic (exact) mass is 228 g/mol. The van der Waals surface area contributed by atoms with Gasteiger partial charge in [0.05, 0.1) is 6.26 Å². The second-order valence-electron chi connectivity index (χ2n) is 4.07. The quantitative estimate of drug-likeness (QED) is 0.648. The molecule has 1 aromatic carbocycles. The van der Waals surface area contributed by atoms with Crippen molar-refractivity contribution in [1.29, 1.82) is 5.41 Å². The van der Waals surface area contributed by atoms with Crippen LogP contribution in [0, 0.1) is 12.3 Å². The van der Waals surface area contributed by atoms with Crippen LogP contribution in [0.25, 0.3) is 0 Å². The Hall–Kier alpha value is -2.03. The predicted molar refractivity (Wildman–Crippen MR) is 68.2 cm³/mol. The van der Waals surface area contributed by atoms with Crippen molar-refractivity contribution in [3.63, 3.8) is 0 Å². The van der Waals surface area contributed by atoms with Crippen molar-refractivity contribution in [3.8, 4) is 0 Å². The summed E-state index contributed by atoms with van der Waals surface area (Å²) in [5, 5.41) is 8.10. The van der Waals surface area contributed by atoms with Crippen molar-refractivity contribution in [3.05, 3.63) is 59.5 Å². The summed E-state index contributed by atoms with van der Waals surface area (Å²) in [6.07, 6.45) is 1.69. The van der Waals surface area contributed by atoms with Gasteiger partial charge in [-0.3, -0.25) is 5.41 Å². The van der Waals surface area contributed by atoms with Gasteiger partial charge in [-0.2, -0.15) is 0 Å². The average molecular weight is 228 g/mol. The molecule has 2 rings (SSSR count). The molecule has 1 aromatic heterocycles. The van der Waals surface area contributed by atoms with Crippen molar-refractivity contribution in [2.75, 3.05) is 7.05 Å². The van der Waals surface area contributed by atoms with Crippen LogP contribution in [0.15, 0.2) is 47.1 Å². The second kappa shape index (κ2) is 4.87. The fourth-order valence-electron chi connectivity index (χ4n) is 1.73. The lowest BCUT2D eigenvalue weighted by Crippen LogP contribution is -2.26. The number of amidine groups is 1. The van der Waals surface area contributed by atoms with E-state index in [0.29, 0.717) is 12.4 Å². The molecule has 0 fully saturated rings. The van der Waals surface area contributed by atoms with E-state index in [1.165, 1.54) is 0 Å². The molecule has 1 heterocycles. The summed E-state index contributed by atoms with van der Waals surface area (Å²) >= 11 is 0. The third-order valence-corrected chi connectivity index (χ3v) is 2.80. The Morgan fingerprint density at radius 1 is 1.24 bits per heavy atom. The highest BCUT2D eigenvalue weighted by Gasteiger charge is 2.10. The minimum absolute atomic E-state index is 0.520. The zero-order valence-electron chi connectivity index (χ0n) is 10.1. The number of benzene rings is 1. The van der Waals surface area contributed by atoms with Crippen LogP contribution in [0.1, 0.15) is 16.9 Å². The van der Waals surface area contributed by atoms with Crippen LogP contribution >= 0.6 is 0 Å². The Kier molecular flexibility index (Phi) is 3.28. The third kappa shape index (κ3) is 2.56. The van der Waals surface area contributed by atoms with Gasteiger partial charge in [-0.05, 0) is 13.0 Å². The molecule has 0 aliphatic carbocycles. The lowest BCUT2D eigenvalue weighted by molar-refractivity contribution is 0.479. The summed E-state index contributed by atoms with van der Waals surface area (Å²) in [6, 6.07) is 11.7. The maximum atomic E-state index is 8.10. The maximum absolute atomic E-state index is 8.10. The summed E-state index contributed by atoms with van der Waals surface area (Å²) in [4.78, 5) is 1.91. The van der Waals surface area contributed by atoms with E-state index in [9.17, 15) is 0 Å². The molecule has 2 aromatic rings. The van der Waals surface area contributed by atoms with Gasteiger partial charge in [0.25, 0.3) is 0 Å². The van der Waals surface area contributed by atoms with E-state index in [4.69, 9.17) is 9.83 Å². The van der Waals surface area contributed by atoms with Gasteiger partial charge in [-0.15, -0.1) is 0 Å². The van der Waals surface area contributed by atoms with Crippen molar-refractivity contribution >= 4 is 5.84 Å². The highest BCUT2D eigenvalue weighted by molar-refractivity contribution is 5.96. The van der Waals surface area contributed by atoms with Gasteiger partial charge in [0.15, 0.2) is 0 Å². The van der Waals surface area contributed by atoms with Gasteiger partial charge < -0.3 is 9.32 Å². The lowest BCUT2D eigenvalue weighted by Gasteiger charge is -2.19. The molecule has 0 saturated heterocycles. The van der Waals surface area contributed by atoms with Crippen LogP contribution in [-0.2, 0) is 6.54 Å². The zero-order valence-corrected chi connectivity index (χ0v) is 10.1. The molecule has 88 valence electrons. The fraction of sp³-hybridized carbons (Fsp3) is 0.214. The van der Waals surface area contributed by atoms with Crippen LogP contribution in [0.3, 0.4) is 0 Å². The normalized spacial score (nSPS) is 10.2. The van der Waals surface area contributed by atoms with E-state index in [2.05, 4.69) is 0 Å². The highest BCUT2D eigenvalue weighted by Crippen LogP contribution is 2.12. The molecule has 0 spiro atoms. The summed E-state index contributed by atoms with van der Waals surface area (Å²) in [6.45, 7) is 2.63. The largest absolute Gasteiger partial charge is 0.469 e. The SMILES string of the molecule is Cc1occc1CN(C)C(=N)c1ccccc1. The van der Waals surface area contributed by atoms with Crippen molar-refractivity contribution in [2.45, 2.75) is 13.5 Å². The van der Waals surface area contributed by atoms with Crippen LogP contribution in [-0.4, -0.2) is 17.8 Å². The van der Waals surface area contributed by atoms with Crippen LogP contribution < -0.4 is 0 Å². The zero-order chi connectivity index (χ0) is 12.3. The third-order valence-electron chi connectivity index (χ3n) is 2.80. The molecule has 0 bridgehead atoms. The smallest absolute Gasteiger partial charge is 0.128 e. The fourth-order valence-corrected chi connectivity index (χ4v) is 1.73. The van der Waals surface area contributed by atoms with Crippen molar-refractivity contribution < 1.29 is 4.42 Å². The molecule has 0 saturated carbocycles. The Morgan fingerprint density at radius 2 is 1.94 bits per heavy atom. The number of furan rings is 1. The van der Waals surface area contributed by atoms with Crippen molar-refractivity contribution in [1.82, 2.24) is 4.90 Å². The summed E-state index contributed by atoms with van der Waals surface area (Å²) < 4.78 is 5.25. The van der Waals surface area contributed by atoms with Crippen LogP contribution in [0.4, 0.5) is 0 Å². The van der Waals surface area contributed by atoms with Crippen LogP contribution in [0.5, 0.6) is 0 Å².